The van der Waals surface area contributed by atoms with Crippen LogP contribution in [0, 0.1) is 16.0 Å². The Bertz CT molecular complexity index is 749. The highest BCUT2D eigenvalue weighted by molar-refractivity contribution is 5.97. The number of allylic oxidation sites excluding steroid dienone is 1. The average molecular weight is 333 g/mol. The lowest BCUT2D eigenvalue weighted by molar-refractivity contribution is -0.384. The topological polar surface area (TPSA) is 118 Å². The maximum atomic E-state index is 12.2. The predicted molar refractivity (Wildman–Crippen MR) is 85.6 cm³/mol. The highest BCUT2D eigenvalue weighted by Gasteiger charge is 2.49. The second kappa shape index (κ2) is 6.16. The van der Waals surface area contributed by atoms with Crippen LogP contribution in [0.2, 0.25) is 0 Å². The molecule has 1 aromatic rings. The van der Waals surface area contributed by atoms with Crippen LogP contribution in [-0.2, 0) is 9.59 Å². The van der Waals surface area contributed by atoms with Gasteiger partial charge in [0.1, 0.15) is 11.5 Å². The number of hydrogen-bond donors (Lipinski definition) is 2. The summed E-state index contributed by atoms with van der Waals surface area (Å²) in [5.41, 5.74) is -1.41. The number of nitro groups is 1. The van der Waals surface area contributed by atoms with E-state index in [4.69, 9.17) is 0 Å². The number of benzene rings is 1. The minimum absolute atomic E-state index is 0.0159. The molecule has 3 atom stereocenters. The third-order valence-corrected chi connectivity index (χ3v) is 4.41. The number of hydrogen-bond acceptors (Lipinski definition) is 6. The molecule has 0 saturated heterocycles. The molecule has 1 aliphatic carbocycles. The van der Waals surface area contributed by atoms with Gasteiger partial charge < -0.3 is 10.2 Å². The molecule has 2 N–H and O–H groups in total. The van der Waals surface area contributed by atoms with E-state index in [1.807, 2.05) is 0 Å². The Hall–Kier alpha value is -2.54. The number of non-ortho nitro benzene ring substituents is 1. The van der Waals surface area contributed by atoms with Gasteiger partial charge in [-0.3, -0.25) is 19.7 Å². The first-order chi connectivity index (χ1) is 11.1. The van der Waals surface area contributed by atoms with Crippen molar-refractivity contribution in [2.45, 2.75) is 38.7 Å². The Labute approximate surface area is 138 Å². The molecule has 0 spiro atoms. The van der Waals surface area contributed by atoms with Gasteiger partial charge in [0.25, 0.3) is 5.69 Å². The fourth-order valence-electron chi connectivity index (χ4n) is 3.54. The van der Waals surface area contributed by atoms with Crippen molar-refractivity contribution in [3.8, 4) is 0 Å². The van der Waals surface area contributed by atoms with E-state index in [0.717, 1.165) is 0 Å². The molecule has 128 valence electrons. The molecule has 2 rings (SSSR count). The first kappa shape index (κ1) is 17.8. The van der Waals surface area contributed by atoms with Crippen molar-refractivity contribution in [1.29, 1.82) is 0 Å². The van der Waals surface area contributed by atoms with E-state index in [-0.39, 0.29) is 29.2 Å². The van der Waals surface area contributed by atoms with Gasteiger partial charge in [-0.2, -0.15) is 0 Å². The maximum absolute atomic E-state index is 12.2. The van der Waals surface area contributed by atoms with Crippen LogP contribution in [0.25, 0.3) is 0 Å². The van der Waals surface area contributed by atoms with Gasteiger partial charge >= 0.3 is 0 Å². The first-order valence-corrected chi connectivity index (χ1v) is 7.46. The number of Topliss-reactive ketones (excluding diaryl/α,β-unsaturated/α-hetero) is 2. The molecule has 0 radical (unpaired) electrons. The third-order valence-electron chi connectivity index (χ3n) is 4.41. The lowest BCUT2D eigenvalue weighted by Crippen LogP contribution is -2.47. The third kappa shape index (κ3) is 3.07. The summed E-state index contributed by atoms with van der Waals surface area (Å²) in [6, 6.07) is 5.55. The van der Waals surface area contributed by atoms with Gasteiger partial charge in [-0.1, -0.05) is 12.1 Å². The fourth-order valence-corrected chi connectivity index (χ4v) is 3.54. The molecule has 0 saturated carbocycles. The van der Waals surface area contributed by atoms with Gasteiger partial charge in [-0.15, -0.1) is 0 Å². The zero-order valence-corrected chi connectivity index (χ0v) is 13.6. The number of rotatable bonds is 4. The van der Waals surface area contributed by atoms with E-state index in [1.165, 1.54) is 39.0 Å². The van der Waals surface area contributed by atoms with E-state index in [1.54, 1.807) is 6.07 Å². The number of carbonyl (C=O) groups is 2. The molecule has 0 amide bonds. The summed E-state index contributed by atoms with van der Waals surface area (Å²) in [4.78, 5) is 34.7. The van der Waals surface area contributed by atoms with Crippen LogP contribution < -0.4 is 0 Å². The molecule has 1 aromatic carbocycles. The first-order valence-electron chi connectivity index (χ1n) is 7.46. The van der Waals surface area contributed by atoms with Gasteiger partial charge in [0, 0.05) is 30.0 Å². The van der Waals surface area contributed by atoms with Crippen LogP contribution in [0.15, 0.2) is 35.6 Å². The zero-order chi connectivity index (χ0) is 18.2. The number of aliphatic hydroxyl groups excluding tert-OH is 1. The normalized spacial score (nSPS) is 27.0. The number of nitrogens with zero attached hydrogens (tertiary/aromatic N) is 1. The van der Waals surface area contributed by atoms with E-state index < -0.39 is 28.1 Å². The molecule has 0 unspecified atom stereocenters. The van der Waals surface area contributed by atoms with Crippen LogP contribution in [0.3, 0.4) is 0 Å². The monoisotopic (exact) mass is 333 g/mol. The summed E-state index contributed by atoms with van der Waals surface area (Å²) in [5.74, 6) is -3.02. The highest BCUT2D eigenvalue weighted by atomic mass is 16.6. The quantitative estimate of drug-likeness (QED) is 0.645. The van der Waals surface area contributed by atoms with Crippen molar-refractivity contribution >= 4 is 17.3 Å². The molecule has 7 nitrogen and oxygen atoms in total. The summed E-state index contributed by atoms with van der Waals surface area (Å²) in [6.45, 7) is 3.97. The van der Waals surface area contributed by atoms with Crippen LogP contribution in [0.1, 0.15) is 38.7 Å². The molecule has 0 aliphatic heterocycles. The van der Waals surface area contributed by atoms with Crippen LogP contribution in [0.5, 0.6) is 0 Å². The van der Waals surface area contributed by atoms with E-state index in [2.05, 4.69) is 0 Å². The number of carbonyl (C=O) groups excluding carboxylic acids is 2. The van der Waals surface area contributed by atoms with Gasteiger partial charge in [-0.25, -0.2) is 0 Å². The van der Waals surface area contributed by atoms with Crippen molar-refractivity contribution in [2.24, 2.45) is 5.92 Å². The van der Waals surface area contributed by atoms with E-state index >= 15 is 0 Å². The fraction of sp³-hybridized carbons (Fsp3) is 0.412. The van der Waals surface area contributed by atoms with E-state index in [9.17, 15) is 29.9 Å². The van der Waals surface area contributed by atoms with Crippen molar-refractivity contribution in [3.05, 3.63) is 51.3 Å². The van der Waals surface area contributed by atoms with Crippen LogP contribution in [0.4, 0.5) is 5.69 Å². The minimum atomic E-state index is -1.57. The second-order valence-corrected chi connectivity index (χ2v) is 6.37. The van der Waals surface area contributed by atoms with Crippen molar-refractivity contribution < 1.29 is 24.7 Å². The van der Waals surface area contributed by atoms with E-state index in [0.29, 0.717) is 5.56 Å². The standard InChI is InChI=1S/C17H19NO6/c1-9(19)14-13(21)8-17(3,22)16(10(2)20)15(14)11-5-4-6-12(7-11)18(23)24/h4-7,15-16,21-22H,8H2,1-3H3/t15-,16+,17-/m1/s1. The molecular weight excluding hydrogens is 314 g/mol. The van der Waals surface area contributed by atoms with Gasteiger partial charge in [-0.05, 0) is 26.3 Å². The molecule has 24 heavy (non-hydrogen) atoms. The highest BCUT2D eigenvalue weighted by Crippen LogP contribution is 2.47. The Morgan fingerprint density at radius 2 is 1.96 bits per heavy atom. The second-order valence-electron chi connectivity index (χ2n) is 6.37. The summed E-state index contributed by atoms with van der Waals surface area (Å²) in [7, 11) is 0. The molecule has 0 heterocycles. The largest absolute Gasteiger partial charge is 0.512 e. The summed E-state index contributed by atoms with van der Waals surface area (Å²) < 4.78 is 0. The smallest absolute Gasteiger partial charge is 0.269 e. The summed E-state index contributed by atoms with van der Waals surface area (Å²) in [6.07, 6.45) is -0.225. The predicted octanol–water partition coefficient (Wildman–Crippen LogP) is 2.44. The molecule has 0 bridgehead atoms. The van der Waals surface area contributed by atoms with Gasteiger partial charge in [0.2, 0.25) is 0 Å². The summed E-state index contributed by atoms with van der Waals surface area (Å²) in [5, 5.41) is 31.9. The Kier molecular flexibility index (Phi) is 4.57. The Morgan fingerprint density at radius 3 is 2.46 bits per heavy atom. The van der Waals surface area contributed by atoms with Crippen molar-refractivity contribution in [3.63, 3.8) is 0 Å². The lowest BCUT2D eigenvalue weighted by Gasteiger charge is -2.41. The number of aliphatic hydroxyl groups is 2. The number of nitro benzene ring substituents is 1. The SMILES string of the molecule is CC(=O)C1=C(O)C[C@@](C)(O)[C@@H](C(C)=O)[C@@H]1c1cccc([N+](=O)[O-])c1. The zero-order valence-electron chi connectivity index (χ0n) is 13.6. The van der Waals surface area contributed by atoms with Crippen LogP contribution in [-0.4, -0.2) is 32.3 Å². The maximum Gasteiger partial charge on any atom is 0.269 e. The Balaban J connectivity index is 2.73. The molecule has 0 aromatic heterocycles. The number of ketones is 2. The minimum Gasteiger partial charge on any atom is -0.512 e. The van der Waals surface area contributed by atoms with Crippen LogP contribution >= 0.6 is 0 Å². The molecular formula is C17H19NO6. The van der Waals surface area contributed by atoms with Gasteiger partial charge in [0.05, 0.1) is 16.4 Å². The molecule has 0 fully saturated rings. The summed E-state index contributed by atoms with van der Waals surface area (Å²) >= 11 is 0. The molecule has 7 heteroatoms. The molecule has 1 aliphatic rings. The lowest BCUT2D eigenvalue weighted by atomic mass is 9.64. The average Bonchev–Trinajstić information content (AvgIpc) is 2.44. The van der Waals surface area contributed by atoms with Crippen molar-refractivity contribution in [1.82, 2.24) is 0 Å². The Morgan fingerprint density at radius 1 is 1.33 bits per heavy atom. The van der Waals surface area contributed by atoms with Gasteiger partial charge in [0.15, 0.2) is 5.78 Å². The van der Waals surface area contributed by atoms with Crippen molar-refractivity contribution in [2.75, 3.05) is 0 Å².